The van der Waals surface area contributed by atoms with Crippen LogP contribution in [0.5, 0.6) is 5.88 Å². The molecule has 3 aromatic rings. The van der Waals surface area contributed by atoms with Gasteiger partial charge in [0.05, 0.1) is 23.4 Å². The summed E-state index contributed by atoms with van der Waals surface area (Å²) in [5, 5.41) is 16.1. The van der Waals surface area contributed by atoms with Gasteiger partial charge in [-0.2, -0.15) is 4.52 Å². The van der Waals surface area contributed by atoms with Gasteiger partial charge in [-0.05, 0) is 44.0 Å². The van der Waals surface area contributed by atoms with E-state index in [2.05, 4.69) is 15.0 Å². The monoisotopic (exact) mass is 448 g/mol. The van der Waals surface area contributed by atoms with Crippen LogP contribution in [0.1, 0.15) is 49.0 Å². The number of nitrogens with zero attached hydrogens (tertiary/aromatic N) is 4. The summed E-state index contributed by atoms with van der Waals surface area (Å²) in [6.45, 7) is 5.57. The quantitative estimate of drug-likeness (QED) is 0.572. The average Bonchev–Trinajstić information content (AvgIpc) is 3.29. The van der Waals surface area contributed by atoms with Gasteiger partial charge in [0.2, 0.25) is 10.8 Å². The molecule has 1 fully saturated rings. The molecule has 0 amide bonds. The van der Waals surface area contributed by atoms with Gasteiger partial charge in [0, 0.05) is 18.0 Å². The van der Waals surface area contributed by atoms with E-state index in [-0.39, 0.29) is 23.8 Å². The molecule has 0 spiro atoms. The number of rotatable bonds is 6. The molecule has 2 aromatic heterocycles. The first-order chi connectivity index (χ1) is 14.5. The Kier molecular flexibility index (Phi) is 6.26. The van der Waals surface area contributed by atoms with Crippen molar-refractivity contribution < 1.29 is 14.6 Å². The van der Waals surface area contributed by atoms with Crippen LogP contribution < -0.4 is 0 Å². The molecule has 1 saturated heterocycles. The Balaban J connectivity index is 1.73. The third kappa shape index (κ3) is 4.04. The number of benzene rings is 1. The first-order valence-corrected chi connectivity index (χ1v) is 11.4. The zero-order valence-electron chi connectivity index (χ0n) is 17.0. The Morgan fingerprint density at radius 1 is 1.37 bits per heavy atom. The van der Waals surface area contributed by atoms with Gasteiger partial charge >= 0.3 is 5.97 Å². The van der Waals surface area contributed by atoms with Gasteiger partial charge in [0.15, 0.2) is 5.82 Å². The second-order valence-corrected chi connectivity index (χ2v) is 8.85. The third-order valence-corrected chi connectivity index (χ3v) is 6.76. The lowest BCUT2D eigenvalue weighted by atomic mass is 9.94. The normalized spacial score (nSPS) is 18.6. The zero-order chi connectivity index (χ0) is 21.3. The van der Waals surface area contributed by atoms with Crippen LogP contribution in [-0.2, 0) is 16.0 Å². The van der Waals surface area contributed by atoms with E-state index in [0.29, 0.717) is 35.4 Å². The molecule has 0 radical (unpaired) electrons. The van der Waals surface area contributed by atoms with Crippen LogP contribution in [0.2, 0.25) is 5.02 Å². The van der Waals surface area contributed by atoms with Gasteiger partial charge in [-0.3, -0.25) is 9.69 Å². The number of likely N-dealkylation sites (tertiary alicyclic amines) is 1. The molecule has 2 unspecified atom stereocenters. The van der Waals surface area contributed by atoms with Crippen LogP contribution in [0.15, 0.2) is 24.3 Å². The van der Waals surface area contributed by atoms with E-state index >= 15 is 0 Å². The lowest BCUT2D eigenvalue weighted by molar-refractivity contribution is -0.150. The van der Waals surface area contributed by atoms with Crippen molar-refractivity contribution in [2.45, 2.75) is 39.2 Å². The second kappa shape index (κ2) is 8.91. The second-order valence-electron chi connectivity index (χ2n) is 7.41. The minimum atomic E-state index is -0.224. The van der Waals surface area contributed by atoms with Crippen molar-refractivity contribution in [2.24, 2.45) is 5.92 Å². The van der Waals surface area contributed by atoms with Gasteiger partial charge in [-0.1, -0.05) is 42.0 Å². The summed E-state index contributed by atoms with van der Waals surface area (Å²) in [4.78, 5) is 20.6. The van der Waals surface area contributed by atoms with Crippen molar-refractivity contribution in [3.8, 4) is 5.88 Å². The highest BCUT2D eigenvalue weighted by atomic mass is 35.5. The minimum Gasteiger partial charge on any atom is -0.492 e. The molecule has 1 aliphatic rings. The summed E-state index contributed by atoms with van der Waals surface area (Å²) in [7, 11) is 0. The Labute approximate surface area is 184 Å². The maximum atomic E-state index is 12.4. The molecule has 160 valence electrons. The van der Waals surface area contributed by atoms with Crippen LogP contribution in [-0.4, -0.2) is 50.3 Å². The maximum absolute atomic E-state index is 12.4. The molecule has 7 nitrogen and oxygen atoms in total. The number of aryl methyl sites for hydroxylation is 1. The smallest absolute Gasteiger partial charge is 0.310 e. The standard InChI is InChI=1S/C21H25ClN4O3S/c1-3-16-23-21-26(24-16)19(27)18(30-21)17(13-7-9-15(22)10-8-13)25-11-5-6-14(12-25)20(28)29-4-2/h7-10,14,17,27H,3-6,11-12H2,1-2H3. The third-order valence-electron chi connectivity index (χ3n) is 5.43. The van der Waals surface area contributed by atoms with E-state index in [9.17, 15) is 9.90 Å². The van der Waals surface area contributed by atoms with Crippen molar-refractivity contribution in [2.75, 3.05) is 19.7 Å². The molecule has 2 atom stereocenters. The molecule has 1 aromatic carbocycles. The topological polar surface area (TPSA) is 80.0 Å². The van der Waals surface area contributed by atoms with Gasteiger partial charge in [-0.25, -0.2) is 4.98 Å². The van der Waals surface area contributed by atoms with Gasteiger partial charge in [0.1, 0.15) is 0 Å². The molecule has 4 rings (SSSR count). The highest BCUT2D eigenvalue weighted by Crippen LogP contribution is 2.41. The number of aromatic nitrogens is 3. The van der Waals surface area contributed by atoms with Crippen molar-refractivity contribution in [1.82, 2.24) is 19.5 Å². The maximum Gasteiger partial charge on any atom is 0.310 e. The summed E-state index contributed by atoms with van der Waals surface area (Å²) in [5.74, 6) is 0.466. The van der Waals surface area contributed by atoms with Crippen LogP contribution in [0.3, 0.4) is 0 Å². The molecule has 0 bridgehead atoms. The summed E-state index contributed by atoms with van der Waals surface area (Å²) >= 11 is 7.54. The fraction of sp³-hybridized carbons (Fsp3) is 0.476. The fourth-order valence-corrected chi connectivity index (χ4v) is 5.25. The number of halogens is 1. The van der Waals surface area contributed by atoms with Gasteiger partial charge < -0.3 is 9.84 Å². The van der Waals surface area contributed by atoms with Gasteiger partial charge in [0.25, 0.3) is 0 Å². The van der Waals surface area contributed by atoms with Crippen LogP contribution in [0, 0.1) is 5.92 Å². The SMILES string of the molecule is CCOC(=O)C1CCCN(C(c2ccc(Cl)cc2)c2sc3nc(CC)nn3c2O)C1. The number of ether oxygens (including phenoxy) is 1. The summed E-state index contributed by atoms with van der Waals surface area (Å²) in [5.41, 5.74) is 0.999. The largest absolute Gasteiger partial charge is 0.492 e. The van der Waals surface area contributed by atoms with Crippen LogP contribution in [0.25, 0.3) is 4.96 Å². The van der Waals surface area contributed by atoms with Crippen LogP contribution >= 0.6 is 22.9 Å². The van der Waals surface area contributed by atoms with E-state index in [1.54, 1.807) is 0 Å². The molecular formula is C21H25ClN4O3S. The lowest BCUT2D eigenvalue weighted by Crippen LogP contribution is -2.41. The number of thiazole rings is 1. The number of carbonyl (C=O) groups excluding carboxylic acids is 1. The Morgan fingerprint density at radius 2 is 2.13 bits per heavy atom. The molecule has 1 N–H and O–H groups in total. The first kappa shape index (κ1) is 21.1. The van der Waals surface area contributed by atoms with Gasteiger partial charge in [-0.15, -0.1) is 5.10 Å². The number of hydrogen-bond donors (Lipinski definition) is 1. The van der Waals surface area contributed by atoms with Crippen molar-refractivity contribution in [3.05, 3.63) is 45.6 Å². The van der Waals surface area contributed by atoms with Crippen molar-refractivity contribution >= 4 is 33.9 Å². The van der Waals surface area contributed by atoms with E-state index < -0.39 is 0 Å². The summed E-state index contributed by atoms with van der Waals surface area (Å²) < 4.78 is 6.78. The molecule has 0 saturated carbocycles. The zero-order valence-corrected chi connectivity index (χ0v) is 18.6. The number of aromatic hydroxyl groups is 1. The average molecular weight is 449 g/mol. The Hall–Kier alpha value is -2.16. The summed E-state index contributed by atoms with van der Waals surface area (Å²) in [6, 6.07) is 7.40. The summed E-state index contributed by atoms with van der Waals surface area (Å²) in [6.07, 6.45) is 2.40. The van der Waals surface area contributed by atoms with Crippen molar-refractivity contribution in [1.29, 1.82) is 0 Å². The Morgan fingerprint density at radius 3 is 2.80 bits per heavy atom. The molecule has 3 heterocycles. The molecular weight excluding hydrogens is 424 g/mol. The van der Waals surface area contributed by atoms with Crippen LogP contribution in [0.4, 0.5) is 0 Å². The number of carbonyl (C=O) groups is 1. The molecule has 1 aliphatic heterocycles. The highest BCUT2D eigenvalue weighted by molar-refractivity contribution is 7.17. The fourth-order valence-electron chi connectivity index (χ4n) is 3.99. The number of fused-ring (bicyclic) bond motifs is 1. The van der Waals surface area contributed by atoms with E-state index in [4.69, 9.17) is 16.3 Å². The predicted octanol–water partition coefficient (Wildman–Crippen LogP) is 4.08. The Bertz CT molecular complexity index is 1030. The van der Waals surface area contributed by atoms with E-state index in [0.717, 1.165) is 29.8 Å². The molecule has 9 heteroatoms. The number of esters is 1. The van der Waals surface area contributed by atoms with E-state index in [1.165, 1.54) is 15.9 Å². The van der Waals surface area contributed by atoms with E-state index in [1.807, 2.05) is 38.1 Å². The minimum absolute atomic E-state index is 0.0976. The van der Waals surface area contributed by atoms with Crippen molar-refractivity contribution in [3.63, 3.8) is 0 Å². The number of piperidine rings is 1. The molecule has 0 aliphatic carbocycles. The first-order valence-electron chi connectivity index (χ1n) is 10.2. The lowest BCUT2D eigenvalue weighted by Gasteiger charge is -2.37. The highest BCUT2D eigenvalue weighted by Gasteiger charge is 2.35. The number of hydrogen-bond acceptors (Lipinski definition) is 7. The molecule has 30 heavy (non-hydrogen) atoms. The predicted molar refractivity (Wildman–Crippen MR) is 116 cm³/mol.